The number of unbranched alkanes of at least 4 members (excludes halogenated alkanes) is 5. The fourth-order valence-electron chi connectivity index (χ4n) is 6.50. The molecule has 55 heavy (non-hydrogen) atoms. The average molecular weight is 757 g/mol. The summed E-state index contributed by atoms with van der Waals surface area (Å²) in [6.07, 6.45) is 9.30. The van der Waals surface area contributed by atoms with Crippen LogP contribution in [0.5, 0.6) is 34.5 Å². The number of benzene rings is 4. The first-order valence-electron chi connectivity index (χ1n) is 18.5. The maximum Gasteiger partial charge on any atom is 0.255 e. The highest BCUT2D eigenvalue weighted by molar-refractivity contribution is 6.02. The second-order valence-corrected chi connectivity index (χ2v) is 13.1. The maximum atomic E-state index is 12.8. The summed E-state index contributed by atoms with van der Waals surface area (Å²) >= 11 is 0. The number of aliphatic hydroxyl groups excluding tert-OH is 3. The van der Waals surface area contributed by atoms with Gasteiger partial charge in [-0.15, -0.1) is 0 Å². The van der Waals surface area contributed by atoms with Crippen LogP contribution in [0.15, 0.2) is 60.7 Å². The predicted octanol–water partition coefficient (Wildman–Crippen LogP) is 7.02. The zero-order valence-electron chi connectivity index (χ0n) is 32.0. The van der Waals surface area contributed by atoms with E-state index in [9.17, 15) is 20.1 Å². The monoisotopic (exact) mass is 756 g/mol. The summed E-state index contributed by atoms with van der Waals surface area (Å²) in [4.78, 5) is 12.8. The third-order valence-corrected chi connectivity index (χ3v) is 9.50. The molecule has 0 saturated carbocycles. The van der Waals surface area contributed by atoms with Crippen LogP contribution in [0.4, 0.5) is 5.69 Å². The van der Waals surface area contributed by atoms with E-state index >= 15 is 0 Å². The molecule has 0 fully saturated rings. The molecule has 4 aromatic rings. The summed E-state index contributed by atoms with van der Waals surface area (Å²) < 4.78 is 34.1. The van der Waals surface area contributed by atoms with Gasteiger partial charge in [0.05, 0.1) is 67.0 Å². The molecule has 12 heteroatoms. The van der Waals surface area contributed by atoms with Crippen molar-refractivity contribution in [1.29, 1.82) is 0 Å². The molecule has 0 aromatic heterocycles. The lowest BCUT2D eigenvalue weighted by Crippen LogP contribution is -2.38. The molecular weight excluding hydrogens is 704 g/mol. The highest BCUT2D eigenvalue weighted by atomic mass is 16.5. The fourth-order valence-corrected chi connectivity index (χ4v) is 6.50. The number of carbonyl (C=O) groups excluding carboxylic acids is 1. The molecule has 0 bridgehead atoms. The van der Waals surface area contributed by atoms with Crippen LogP contribution in [0.2, 0.25) is 0 Å². The lowest BCUT2D eigenvalue weighted by atomic mass is 10.0. The van der Waals surface area contributed by atoms with E-state index in [1.54, 1.807) is 33.5 Å². The van der Waals surface area contributed by atoms with E-state index < -0.39 is 6.17 Å². The van der Waals surface area contributed by atoms with Crippen molar-refractivity contribution < 1.29 is 48.5 Å². The normalized spacial score (nSPS) is 13.5. The molecule has 0 spiro atoms. The number of hydrogen-bond donors (Lipinski definition) is 5. The van der Waals surface area contributed by atoms with Crippen molar-refractivity contribution in [3.05, 3.63) is 99.6 Å². The lowest BCUT2D eigenvalue weighted by molar-refractivity contribution is 0.0935. The van der Waals surface area contributed by atoms with E-state index in [1.165, 1.54) is 7.11 Å². The van der Waals surface area contributed by atoms with Gasteiger partial charge in [-0.3, -0.25) is 4.79 Å². The molecule has 0 aliphatic carbocycles. The molecule has 294 valence electrons. The molecule has 1 unspecified atom stereocenters. The van der Waals surface area contributed by atoms with E-state index in [-0.39, 0.29) is 25.7 Å². The molecular formula is C43H52N2O10. The molecule has 12 nitrogen and oxygen atoms in total. The van der Waals surface area contributed by atoms with Crippen molar-refractivity contribution in [2.75, 3.05) is 47.0 Å². The first kappa shape index (κ1) is 40.7. The number of carbonyl (C=O) groups is 1. The number of amides is 1. The first-order valence-corrected chi connectivity index (χ1v) is 18.5. The minimum absolute atomic E-state index is 0.177. The molecule has 5 rings (SSSR count). The van der Waals surface area contributed by atoms with Crippen LogP contribution in [0.3, 0.4) is 0 Å². The summed E-state index contributed by atoms with van der Waals surface area (Å²) in [5.41, 5.74) is 5.53. The number of hydrogen-bond acceptors (Lipinski definition) is 11. The van der Waals surface area contributed by atoms with Crippen LogP contribution in [-0.2, 0) is 19.8 Å². The van der Waals surface area contributed by atoms with Crippen LogP contribution in [0.1, 0.15) is 88.4 Å². The smallest absolute Gasteiger partial charge is 0.255 e. The summed E-state index contributed by atoms with van der Waals surface area (Å²) in [6.45, 7) is 0.451. The van der Waals surface area contributed by atoms with Gasteiger partial charge in [0.25, 0.3) is 5.91 Å². The quantitative estimate of drug-likeness (QED) is 0.0440. The molecule has 4 aromatic carbocycles. The average Bonchev–Trinajstić information content (AvgIpc) is 3.22. The Morgan fingerprint density at radius 2 is 1.22 bits per heavy atom. The zero-order valence-corrected chi connectivity index (χ0v) is 32.0. The Kier molecular flexibility index (Phi) is 15.0. The van der Waals surface area contributed by atoms with Crippen LogP contribution in [0.25, 0.3) is 12.2 Å². The Bertz CT molecular complexity index is 1880. The largest absolute Gasteiger partial charge is 0.497 e. The van der Waals surface area contributed by atoms with Crippen molar-refractivity contribution in [3.63, 3.8) is 0 Å². The van der Waals surface area contributed by atoms with Gasteiger partial charge in [0.2, 0.25) is 5.75 Å². The van der Waals surface area contributed by atoms with Crippen LogP contribution >= 0.6 is 0 Å². The van der Waals surface area contributed by atoms with E-state index in [4.69, 9.17) is 28.4 Å². The number of anilines is 1. The van der Waals surface area contributed by atoms with Crippen LogP contribution in [-0.4, -0.2) is 62.9 Å². The molecule has 1 aliphatic heterocycles. The number of ether oxygens (including phenoxy) is 6. The Morgan fingerprint density at radius 1 is 0.600 bits per heavy atom. The molecule has 1 aliphatic rings. The van der Waals surface area contributed by atoms with Crippen LogP contribution in [0, 0.1) is 0 Å². The molecule has 5 N–H and O–H groups in total. The first-order chi connectivity index (χ1) is 26.8. The van der Waals surface area contributed by atoms with E-state index in [0.29, 0.717) is 75.7 Å². The standard InChI is InChI=1S/C43H52N2O10/c1-50-33-14-15-36-34(24-33)43(49)45-42(44-36)30-13-16-37(32(23-30)26-47)54-17-9-7-5-6-8-10-18-55-41-39(52-3)21-29(22-40(41)53-4)12-11-28-19-31(25-46)35(27-48)38(20-28)51-2/h11-16,19-24,42,44,46-48H,5-10,17-18,25-27H2,1-4H3,(H,45,49)/b12-11-. The highest BCUT2D eigenvalue weighted by Crippen LogP contribution is 2.39. The van der Waals surface area contributed by atoms with Gasteiger partial charge in [-0.2, -0.15) is 0 Å². The van der Waals surface area contributed by atoms with Crippen molar-refractivity contribution in [3.8, 4) is 34.5 Å². The number of fused-ring (bicyclic) bond motifs is 1. The SMILES string of the molecule is COc1ccc2c(c1)C(=O)NC(c1ccc(OCCCCCCCCOc3c(OC)cc(/C=C\c4cc(CO)c(CO)c(OC)c4)cc3OC)c(CO)c1)N2. The molecule has 0 saturated heterocycles. The predicted molar refractivity (Wildman–Crippen MR) is 211 cm³/mol. The van der Waals surface area contributed by atoms with Crippen molar-refractivity contribution in [1.82, 2.24) is 5.32 Å². The van der Waals surface area contributed by atoms with E-state index in [2.05, 4.69) is 10.6 Å². The number of methoxy groups -OCH3 is 4. The number of nitrogens with one attached hydrogen (secondary N) is 2. The summed E-state index contributed by atoms with van der Waals surface area (Å²) in [6, 6.07) is 18.3. The summed E-state index contributed by atoms with van der Waals surface area (Å²) in [7, 11) is 6.29. The van der Waals surface area contributed by atoms with Gasteiger partial charge in [-0.05, 0) is 89.7 Å². The zero-order chi connectivity index (χ0) is 39.2. The van der Waals surface area contributed by atoms with E-state index in [0.717, 1.165) is 55.2 Å². The minimum Gasteiger partial charge on any atom is -0.497 e. The van der Waals surface area contributed by atoms with Gasteiger partial charge in [0.15, 0.2) is 11.5 Å². The molecule has 1 amide bonds. The Labute approximate surface area is 322 Å². The molecule has 0 radical (unpaired) electrons. The molecule has 1 atom stereocenters. The van der Waals surface area contributed by atoms with Crippen molar-refractivity contribution >= 4 is 23.7 Å². The summed E-state index contributed by atoms with van der Waals surface area (Å²) in [5, 5.41) is 35.8. The van der Waals surface area contributed by atoms with Gasteiger partial charge >= 0.3 is 0 Å². The van der Waals surface area contributed by atoms with Gasteiger partial charge in [-0.25, -0.2) is 0 Å². The van der Waals surface area contributed by atoms with Crippen LogP contribution < -0.4 is 39.1 Å². The lowest BCUT2D eigenvalue weighted by Gasteiger charge is -2.29. The second-order valence-electron chi connectivity index (χ2n) is 13.1. The summed E-state index contributed by atoms with van der Waals surface area (Å²) in [5.74, 6) is 3.24. The minimum atomic E-state index is -0.438. The Balaban J connectivity index is 1.03. The van der Waals surface area contributed by atoms with Gasteiger partial charge in [-0.1, -0.05) is 43.9 Å². The topological polar surface area (TPSA) is 157 Å². The van der Waals surface area contributed by atoms with Gasteiger partial charge < -0.3 is 54.4 Å². The van der Waals surface area contributed by atoms with Gasteiger partial charge in [0.1, 0.15) is 23.4 Å². The second kappa shape index (κ2) is 20.3. The van der Waals surface area contributed by atoms with Gasteiger partial charge in [0, 0.05) is 16.8 Å². The maximum absolute atomic E-state index is 12.8. The van der Waals surface area contributed by atoms with Crippen molar-refractivity contribution in [2.24, 2.45) is 0 Å². The number of aliphatic hydroxyl groups is 3. The fraction of sp³-hybridized carbons (Fsp3) is 0.372. The number of rotatable bonds is 21. The Hall–Kier alpha value is -5.43. The third kappa shape index (κ3) is 10.4. The highest BCUT2D eigenvalue weighted by Gasteiger charge is 2.26. The Morgan fingerprint density at radius 3 is 1.84 bits per heavy atom. The molecule has 1 heterocycles. The van der Waals surface area contributed by atoms with Crippen molar-refractivity contribution in [2.45, 2.75) is 64.5 Å². The third-order valence-electron chi connectivity index (χ3n) is 9.50. The van der Waals surface area contributed by atoms with E-state index in [1.807, 2.05) is 60.7 Å².